The van der Waals surface area contributed by atoms with E-state index in [1.807, 2.05) is 0 Å². The van der Waals surface area contributed by atoms with E-state index in [2.05, 4.69) is 49.8 Å². The number of nitrogens with zero attached hydrogens (tertiary/aromatic N) is 4. The van der Waals surface area contributed by atoms with Crippen LogP contribution in [0.25, 0.3) is 0 Å². The molecule has 0 aliphatic heterocycles. The SMILES string of the molecule is CN(C)C1CCC(Nc2nc(C3CC3)nc(Nc3cc(C4CC(F)(F)C4)[nH]n3)c2F)CC1. The molecule has 2 aromatic rings. The van der Waals surface area contributed by atoms with Gasteiger partial charge < -0.3 is 15.5 Å². The van der Waals surface area contributed by atoms with Crippen LogP contribution in [0.15, 0.2) is 6.07 Å². The van der Waals surface area contributed by atoms with Crippen molar-refractivity contribution >= 4 is 17.5 Å². The number of aromatic amines is 1. The number of rotatable bonds is 7. The first-order valence-electron chi connectivity index (χ1n) is 11.5. The molecule has 0 saturated heterocycles. The summed E-state index contributed by atoms with van der Waals surface area (Å²) in [5.74, 6) is -1.83. The Bertz CT molecular complexity index is 956. The van der Waals surface area contributed by atoms with Gasteiger partial charge >= 0.3 is 0 Å². The molecule has 0 unspecified atom stereocenters. The lowest BCUT2D eigenvalue weighted by Crippen LogP contribution is -2.36. The Morgan fingerprint density at radius 1 is 1.00 bits per heavy atom. The molecule has 3 saturated carbocycles. The van der Waals surface area contributed by atoms with Gasteiger partial charge in [0.15, 0.2) is 17.5 Å². The van der Waals surface area contributed by atoms with Crippen molar-refractivity contribution in [1.29, 1.82) is 0 Å². The third-order valence-corrected chi connectivity index (χ3v) is 6.95. The number of halogens is 3. The van der Waals surface area contributed by atoms with Crippen LogP contribution in [0.4, 0.5) is 30.6 Å². The van der Waals surface area contributed by atoms with E-state index in [-0.39, 0.29) is 42.4 Å². The lowest BCUT2D eigenvalue weighted by molar-refractivity contribution is -0.0876. The van der Waals surface area contributed by atoms with Crippen LogP contribution in [0.2, 0.25) is 0 Å². The number of nitrogens with one attached hydrogen (secondary N) is 3. The topological polar surface area (TPSA) is 81.8 Å². The minimum absolute atomic E-state index is 0.0726. The molecule has 3 N–H and O–H groups in total. The molecule has 5 rings (SSSR count). The lowest BCUT2D eigenvalue weighted by Gasteiger charge is -2.33. The van der Waals surface area contributed by atoms with Gasteiger partial charge in [0.25, 0.3) is 0 Å². The fourth-order valence-electron chi connectivity index (χ4n) is 4.71. The van der Waals surface area contributed by atoms with Crippen molar-refractivity contribution in [2.75, 3.05) is 24.7 Å². The van der Waals surface area contributed by atoms with Crippen LogP contribution in [0.5, 0.6) is 0 Å². The summed E-state index contributed by atoms with van der Waals surface area (Å²) in [5, 5.41) is 13.2. The zero-order valence-electron chi connectivity index (χ0n) is 18.5. The first-order chi connectivity index (χ1) is 15.3. The molecule has 2 heterocycles. The van der Waals surface area contributed by atoms with Crippen LogP contribution >= 0.6 is 0 Å². The van der Waals surface area contributed by atoms with Gasteiger partial charge in [-0.3, -0.25) is 5.10 Å². The largest absolute Gasteiger partial charge is 0.365 e. The van der Waals surface area contributed by atoms with E-state index in [1.54, 1.807) is 6.07 Å². The highest BCUT2D eigenvalue weighted by Crippen LogP contribution is 2.48. The second-order valence-corrected chi connectivity index (χ2v) is 9.78. The number of aromatic nitrogens is 4. The van der Waals surface area contributed by atoms with E-state index in [0.717, 1.165) is 38.5 Å². The zero-order valence-corrected chi connectivity index (χ0v) is 18.5. The van der Waals surface area contributed by atoms with E-state index in [1.165, 1.54) is 0 Å². The molecule has 7 nitrogen and oxygen atoms in total. The number of alkyl halides is 2. The molecule has 3 fully saturated rings. The van der Waals surface area contributed by atoms with Gasteiger partial charge in [-0.1, -0.05) is 0 Å². The van der Waals surface area contributed by atoms with Crippen LogP contribution in [0, 0.1) is 5.82 Å². The fraction of sp³-hybridized carbons (Fsp3) is 0.682. The molecule has 2 aromatic heterocycles. The zero-order chi connectivity index (χ0) is 22.5. The monoisotopic (exact) mass is 449 g/mol. The lowest BCUT2D eigenvalue weighted by atomic mass is 9.79. The quantitative estimate of drug-likeness (QED) is 0.566. The summed E-state index contributed by atoms with van der Waals surface area (Å²) in [7, 11) is 4.19. The van der Waals surface area contributed by atoms with Crippen LogP contribution in [0.1, 0.15) is 74.7 Å². The van der Waals surface area contributed by atoms with E-state index in [4.69, 9.17) is 0 Å². The van der Waals surface area contributed by atoms with E-state index in [9.17, 15) is 8.78 Å². The van der Waals surface area contributed by atoms with Crippen molar-refractivity contribution in [1.82, 2.24) is 25.1 Å². The molecule has 3 aliphatic rings. The highest BCUT2D eigenvalue weighted by molar-refractivity contribution is 5.58. The van der Waals surface area contributed by atoms with Crippen LogP contribution in [0.3, 0.4) is 0 Å². The average molecular weight is 450 g/mol. The molecular weight excluding hydrogens is 419 g/mol. The second-order valence-electron chi connectivity index (χ2n) is 9.78. The fourth-order valence-corrected chi connectivity index (χ4v) is 4.71. The predicted octanol–water partition coefficient (Wildman–Crippen LogP) is 4.76. The van der Waals surface area contributed by atoms with Gasteiger partial charge in [-0.15, -0.1) is 0 Å². The number of hydrogen-bond donors (Lipinski definition) is 3. The van der Waals surface area contributed by atoms with E-state index in [0.29, 0.717) is 23.4 Å². The number of hydrogen-bond acceptors (Lipinski definition) is 6. The van der Waals surface area contributed by atoms with Gasteiger partial charge in [-0.25, -0.2) is 18.7 Å². The molecular formula is C22H30F3N7. The van der Waals surface area contributed by atoms with Gasteiger partial charge in [0.05, 0.1) is 0 Å². The molecule has 0 amide bonds. The van der Waals surface area contributed by atoms with Gasteiger partial charge in [-0.2, -0.15) is 9.49 Å². The predicted molar refractivity (Wildman–Crippen MR) is 116 cm³/mol. The normalized spacial score (nSPS) is 25.6. The van der Waals surface area contributed by atoms with Crippen molar-refractivity contribution in [3.05, 3.63) is 23.4 Å². The Labute approximate surface area is 185 Å². The van der Waals surface area contributed by atoms with Gasteiger partial charge in [0.1, 0.15) is 5.82 Å². The summed E-state index contributed by atoms with van der Waals surface area (Å²) in [5.41, 5.74) is 0.631. The molecule has 0 atom stereocenters. The first-order valence-corrected chi connectivity index (χ1v) is 11.5. The minimum atomic E-state index is -2.60. The minimum Gasteiger partial charge on any atom is -0.365 e. The Balaban J connectivity index is 1.31. The molecule has 3 aliphatic carbocycles. The van der Waals surface area contributed by atoms with Crippen molar-refractivity contribution in [2.45, 2.75) is 81.2 Å². The van der Waals surface area contributed by atoms with E-state index >= 15 is 4.39 Å². The number of anilines is 3. The van der Waals surface area contributed by atoms with Gasteiger partial charge in [-0.05, 0) is 52.6 Å². The molecule has 174 valence electrons. The Morgan fingerprint density at radius 3 is 2.31 bits per heavy atom. The molecule has 0 bridgehead atoms. The van der Waals surface area contributed by atoms with Crippen LogP contribution in [-0.4, -0.2) is 57.2 Å². The smallest absolute Gasteiger partial charge is 0.249 e. The van der Waals surface area contributed by atoms with Crippen molar-refractivity contribution in [2.24, 2.45) is 0 Å². The van der Waals surface area contributed by atoms with Crippen molar-refractivity contribution < 1.29 is 13.2 Å². The second kappa shape index (κ2) is 8.20. The third-order valence-electron chi connectivity index (χ3n) is 6.95. The summed E-state index contributed by atoms with van der Waals surface area (Å²) in [6.07, 6.45) is 5.67. The Morgan fingerprint density at radius 2 is 1.69 bits per heavy atom. The maximum Gasteiger partial charge on any atom is 0.249 e. The van der Waals surface area contributed by atoms with Gasteiger partial charge in [0, 0.05) is 48.5 Å². The number of H-pyrrole nitrogens is 1. The van der Waals surface area contributed by atoms with Crippen LogP contribution in [-0.2, 0) is 0 Å². The average Bonchev–Trinajstić information content (AvgIpc) is 3.48. The summed E-state index contributed by atoms with van der Waals surface area (Å²) in [6, 6.07) is 2.40. The van der Waals surface area contributed by atoms with E-state index < -0.39 is 11.7 Å². The molecule has 0 radical (unpaired) electrons. The summed E-state index contributed by atoms with van der Waals surface area (Å²) < 4.78 is 41.7. The highest BCUT2D eigenvalue weighted by Gasteiger charge is 2.46. The maximum absolute atomic E-state index is 15.3. The van der Waals surface area contributed by atoms with Crippen LogP contribution < -0.4 is 10.6 Å². The summed E-state index contributed by atoms with van der Waals surface area (Å²) in [4.78, 5) is 11.2. The Hall–Kier alpha value is -2.36. The molecule has 10 heteroatoms. The maximum atomic E-state index is 15.3. The van der Waals surface area contributed by atoms with Crippen molar-refractivity contribution in [3.63, 3.8) is 0 Å². The highest BCUT2D eigenvalue weighted by atomic mass is 19.3. The molecule has 32 heavy (non-hydrogen) atoms. The molecule has 0 aromatic carbocycles. The molecule has 0 spiro atoms. The van der Waals surface area contributed by atoms with Gasteiger partial charge in [0.2, 0.25) is 11.7 Å². The van der Waals surface area contributed by atoms with Crippen molar-refractivity contribution in [3.8, 4) is 0 Å². The summed E-state index contributed by atoms with van der Waals surface area (Å²) >= 11 is 0. The Kier molecular flexibility index (Phi) is 5.51. The summed E-state index contributed by atoms with van der Waals surface area (Å²) in [6.45, 7) is 0. The standard InChI is InChI=1S/C22H30F3N7/c1-32(2)15-7-5-14(6-8-15)26-20-18(23)21(29-19(28-20)12-3-4-12)27-17-9-16(30-31-17)13-10-22(24,25)11-13/h9,12-15H,3-8,10-11H2,1-2H3,(H3,26,27,28,29,30,31). The third kappa shape index (κ3) is 4.55. The first kappa shape index (κ1) is 21.5.